The van der Waals surface area contributed by atoms with E-state index in [-0.39, 0.29) is 12.5 Å². The molecule has 5 nitrogen and oxygen atoms in total. The van der Waals surface area contributed by atoms with Gasteiger partial charge < -0.3 is 15.5 Å². The van der Waals surface area contributed by atoms with E-state index in [0.29, 0.717) is 11.9 Å². The molecule has 1 aliphatic carbocycles. The minimum atomic E-state index is -0.0600. The summed E-state index contributed by atoms with van der Waals surface area (Å²) in [4.78, 5) is 19.1. The third kappa shape index (κ3) is 3.20. The number of amidine groups is 1. The second kappa shape index (κ2) is 5.18. The highest BCUT2D eigenvalue weighted by Crippen LogP contribution is 2.25. The van der Waals surface area contributed by atoms with Gasteiger partial charge in [0.25, 0.3) is 5.91 Å². The van der Waals surface area contributed by atoms with Gasteiger partial charge in [0.1, 0.15) is 0 Å². The molecule has 2 rings (SSSR count). The molecule has 0 radical (unpaired) electrons. The molecule has 1 aromatic heterocycles. The molecule has 0 aliphatic heterocycles. The third-order valence-electron chi connectivity index (χ3n) is 2.61. The Kier molecular flexibility index (Phi) is 3.63. The molecule has 6 heteroatoms. The van der Waals surface area contributed by atoms with Crippen molar-refractivity contribution in [1.82, 2.24) is 4.90 Å². The van der Waals surface area contributed by atoms with Crippen LogP contribution in [-0.4, -0.2) is 36.3 Å². The van der Waals surface area contributed by atoms with Crippen molar-refractivity contribution in [3.8, 4) is 0 Å². The highest BCUT2D eigenvalue weighted by Gasteiger charge is 2.29. The molecule has 0 saturated heterocycles. The molecule has 0 atom stereocenters. The minimum absolute atomic E-state index is 0.0565. The summed E-state index contributed by atoms with van der Waals surface area (Å²) in [5.74, 6) is 0.247. The van der Waals surface area contributed by atoms with Gasteiger partial charge in [-0.2, -0.15) is 0 Å². The minimum Gasteiger partial charge on any atom is -0.384 e. The largest absolute Gasteiger partial charge is 0.384 e. The molecule has 0 bridgehead atoms. The molecular formula is C11H15N3O2S. The van der Waals surface area contributed by atoms with Gasteiger partial charge in [0.15, 0.2) is 12.4 Å². The molecule has 17 heavy (non-hydrogen) atoms. The van der Waals surface area contributed by atoms with Crippen molar-refractivity contribution in [2.24, 2.45) is 10.9 Å². The Morgan fingerprint density at radius 3 is 3.06 bits per heavy atom. The van der Waals surface area contributed by atoms with Gasteiger partial charge in [0.2, 0.25) is 0 Å². The average Bonchev–Trinajstić information content (AvgIpc) is 3.02. The summed E-state index contributed by atoms with van der Waals surface area (Å²) in [5, 5.41) is 5.63. The van der Waals surface area contributed by atoms with Crippen LogP contribution in [0.15, 0.2) is 22.7 Å². The zero-order valence-electron chi connectivity index (χ0n) is 9.63. The van der Waals surface area contributed by atoms with Crippen molar-refractivity contribution in [2.75, 3.05) is 13.7 Å². The molecular weight excluding hydrogens is 238 g/mol. The fourth-order valence-corrected chi connectivity index (χ4v) is 2.01. The first-order chi connectivity index (χ1) is 8.18. The van der Waals surface area contributed by atoms with Crippen LogP contribution in [0.4, 0.5) is 0 Å². The summed E-state index contributed by atoms with van der Waals surface area (Å²) in [6.45, 7) is -0.0565. The van der Waals surface area contributed by atoms with Gasteiger partial charge in [-0.3, -0.25) is 4.79 Å². The van der Waals surface area contributed by atoms with E-state index in [9.17, 15) is 4.79 Å². The van der Waals surface area contributed by atoms with Crippen molar-refractivity contribution in [2.45, 2.75) is 18.9 Å². The summed E-state index contributed by atoms with van der Waals surface area (Å²) in [6.07, 6.45) is 2.17. The quantitative estimate of drug-likeness (QED) is 0.483. The standard InChI is InChI=1S/C11H15N3O2S/c1-14(8-4-5-8)10(15)7-16-13-11(12)9-3-2-6-17-9/h2-3,6,8H,4-5,7H2,1H3,(H2,12,13). The van der Waals surface area contributed by atoms with Crippen LogP contribution >= 0.6 is 11.3 Å². The Balaban J connectivity index is 1.78. The molecule has 92 valence electrons. The molecule has 0 spiro atoms. The number of thiophene rings is 1. The Morgan fingerprint density at radius 2 is 2.47 bits per heavy atom. The van der Waals surface area contributed by atoms with E-state index in [0.717, 1.165) is 17.7 Å². The fraction of sp³-hybridized carbons (Fsp3) is 0.455. The van der Waals surface area contributed by atoms with E-state index in [1.54, 1.807) is 11.9 Å². The topological polar surface area (TPSA) is 67.9 Å². The molecule has 2 N–H and O–H groups in total. The number of likely N-dealkylation sites (N-methyl/N-ethyl adjacent to an activating group) is 1. The summed E-state index contributed by atoms with van der Waals surface area (Å²) < 4.78 is 0. The van der Waals surface area contributed by atoms with E-state index in [2.05, 4.69) is 5.16 Å². The third-order valence-corrected chi connectivity index (χ3v) is 3.50. The number of hydrogen-bond donors (Lipinski definition) is 1. The van der Waals surface area contributed by atoms with E-state index in [1.165, 1.54) is 11.3 Å². The number of rotatable bonds is 5. The lowest BCUT2D eigenvalue weighted by molar-refractivity contribution is -0.135. The second-order valence-corrected chi connectivity index (χ2v) is 4.91. The van der Waals surface area contributed by atoms with Crippen LogP contribution in [0, 0.1) is 0 Å². The van der Waals surface area contributed by atoms with E-state index in [4.69, 9.17) is 10.6 Å². The lowest BCUT2D eigenvalue weighted by Crippen LogP contribution is -2.31. The van der Waals surface area contributed by atoms with Gasteiger partial charge in [-0.15, -0.1) is 11.3 Å². The van der Waals surface area contributed by atoms with Crippen LogP contribution < -0.4 is 5.73 Å². The van der Waals surface area contributed by atoms with Gasteiger partial charge in [0, 0.05) is 13.1 Å². The first-order valence-corrected chi connectivity index (χ1v) is 6.31. The molecule has 1 amide bonds. The van der Waals surface area contributed by atoms with Crippen molar-refractivity contribution in [3.63, 3.8) is 0 Å². The van der Waals surface area contributed by atoms with Gasteiger partial charge in [-0.1, -0.05) is 11.2 Å². The van der Waals surface area contributed by atoms with E-state index in [1.807, 2.05) is 17.5 Å². The fourth-order valence-electron chi connectivity index (χ4n) is 1.39. The zero-order valence-corrected chi connectivity index (χ0v) is 10.4. The molecule has 1 fully saturated rings. The highest BCUT2D eigenvalue weighted by molar-refractivity contribution is 7.12. The second-order valence-electron chi connectivity index (χ2n) is 3.96. The smallest absolute Gasteiger partial charge is 0.263 e. The van der Waals surface area contributed by atoms with Gasteiger partial charge >= 0.3 is 0 Å². The Morgan fingerprint density at radius 1 is 1.71 bits per heavy atom. The molecule has 0 unspecified atom stereocenters. The van der Waals surface area contributed by atoms with Crippen LogP contribution in [0.3, 0.4) is 0 Å². The van der Waals surface area contributed by atoms with Crippen molar-refractivity contribution >= 4 is 23.1 Å². The monoisotopic (exact) mass is 253 g/mol. The molecule has 1 aromatic rings. The van der Waals surface area contributed by atoms with Crippen LogP contribution in [0.25, 0.3) is 0 Å². The first-order valence-electron chi connectivity index (χ1n) is 5.43. The number of carbonyl (C=O) groups is 1. The lowest BCUT2D eigenvalue weighted by atomic mass is 10.4. The Labute approximate surface area is 104 Å². The molecule has 0 aromatic carbocycles. The van der Waals surface area contributed by atoms with Crippen molar-refractivity contribution in [3.05, 3.63) is 22.4 Å². The predicted octanol–water partition coefficient (Wildman–Crippen LogP) is 1.01. The van der Waals surface area contributed by atoms with Crippen molar-refractivity contribution < 1.29 is 9.63 Å². The summed E-state index contributed by atoms with van der Waals surface area (Å²) >= 11 is 1.48. The van der Waals surface area contributed by atoms with Gasteiger partial charge in [-0.05, 0) is 24.3 Å². The predicted molar refractivity (Wildman–Crippen MR) is 66.8 cm³/mol. The maximum absolute atomic E-state index is 11.6. The van der Waals surface area contributed by atoms with Crippen LogP contribution in [0.5, 0.6) is 0 Å². The number of nitrogens with zero attached hydrogens (tertiary/aromatic N) is 2. The van der Waals surface area contributed by atoms with E-state index < -0.39 is 0 Å². The Bertz CT molecular complexity index is 412. The SMILES string of the molecule is CN(C(=O)CON=C(N)c1cccs1)C1CC1. The maximum atomic E-state index is 11.6. The Hall–Kier alpha value is -1.56. The lowest BCUT2D eigenvalue weighted by Gasteiger charge is -2.14. The molecule has 1 aliphatic rings. The number of amides is 1. The normalized spacial score (nSPS) is 15.7. The van der Waals surface area contributed by atoms with Crippen LogP contribution in [0.1, 0.15) is 17.7 Å². The number of nitrogens with two attached hydrogens (primary N) is 1. The number of carbonyl (C=O) groups excluding carboxylic acids is 1. The van der Waals surface area contributed by atoms with E-state index >= 15 is 0 Å². The molecule has 1 heterocycles. The average molecular weight is 253 g/mol. The molecule has 1 saturated carbocycles. The van der Waals surface area contributed by atoms with Crippen LogP contribution in [0.2, 0.25) is 0 Å². The van der Waals surface area contributed by atoms with Crippen LogP contribution in [-0.2, 0) is 9.63 Å². The van der Waals surface area contributed by atoms with Crippen molar-refractivity contribution in [1.29, 1.82) is 0 Å². The number of oxime groups is 1. The van der Waals surface area contributed by atoms with Gasteiger partial charge in [-0.25, -0.2) is 0 Å². The first kappa shape index (κ1) is 11.9. The summed E-state index contributed by atoms with van der Waals surface area (Å²) in [5.41, 5.74) is 5.68. The van der Waals surface area contributed by atoms with Gasteiger partial charge in [0.05, 0.1) is 4.88 Å². The number of hydrogen-bond acceptors (Lipinski definition) is 4. The summed E-state index contributed by atoms with van der Waals surface area (Å²) in [6, 6.07) is 4.13. The highest BCUT2D eigenvalue weighted by atomic mass is 32.1. The maximum Gasteiger partial charge on any atom is 0.263 e. The summed E-state index contributed by atoms with van der Waals surface area (Å²) in [7, 11) is 1.79. The zero-order chi connectivity index (χ0) is 12.3.